The highest BCUT2D eigenvalue weighted by atomic mass is 32.2. The van der Waals surface area contributed by atoms with Crippen molar-refractivity contribution in [3.05, 3.63) is 29.8 Å². The van der Waals surface area contributed by atoms with E-state index in [9.17, 15) is 0 Å². The van der Waals surface area contributed by atoms with E-state index in [1.165, 1.54) is 23.3 Å². The van der Waals surface area contributed by atoms with Crippen LogP contribution in [0.4, 0.5) is 0 Å². The lowest BCUT2D eigenvalue weighted by Gasteiger charge is -2.20. The maximum atomic E-state index is 3.63. The molecule has 0 saturated carbocycles. The molecule has 90 valence electrons. The van der Waals surface area contributed by atoms with Crippen LogP contribution in [0.5, 0.6) is 0 Å². The summed E-state index contributed by atoms with van der Waals surface area (Å²) in [7, 11) is 0. The van der Waals surface area contributed by atoms with Crippen LogP contribution in [0, 0.1) is 0 Å². The van der Waals surface area contributed by atoms with E-state index in [1.807, 2.05) is 0 Å². The summed E-state index contributed by atoms with van der Waals surface area (Å²) in [5.74, 6) is 0. The maximum absolute atomic E-state index is 3.63. The van der Waals surface area contributed by atoms with Crippen molar-refractivity contribution in [3.63, 3.8) is 0 Å². The molecule has 0 heterocycles. The highest BCUT2D eigenvalue weighted by molar-refractivity contribution is 7.98. The zero-order valence-corrected chi connectivity index (χ0v) is 11.6. The van der Waals surface area contributed by atoms with Gasteiger partial charge in [0, 0.05) is 17.0 Å². The number of hydrogen-bond acceptors (Lipinski definition) is 2. The van der Waals surface area contributed by atoms with Gasteiger partial charge in [0.05, 0.1) is 0 Å². The molecular weight excluding hydrogens is 214 g/mol. The Kier molecular flexibility index (Phi) is 5.93. The smallest absolute Gasteiger partial charge is 0.0294 e. The van der Waals surface area contributed by atoms with Crippen LogP contribution in [-0.2, 0) is 0 Å². The summed E-state index contributed by atoms with van der Waals surface area (Å²) < 4.78 is 0. The second-order valence-corrected chi connectivity index (χ2v) is 5.23. The largest absolute Gasteiger partial charge is 0.308 e. The Morgan fingerprint density at radius 3 is 2.31 bits per heavy atom. The molecule has 0 spiro atoms. The van der Waals surface area contributed by atoms with Gasteiger partial charge in [0.2, 0.25) is 0 Å². The fraction of sp³-hybridized carbons (Fsp3) is 0.571. The molecule has 0 aliphatic rings. The van der Waals surface area contributed by atoms with Crippen molar-refractivity contribution in [2.24, 2.45) is 0 Å². The Hall–Kier alpha value is -0.470. The van der Waals surface area contributed by atoms with Crippen molar-refractivity contribution < 1.29 is 0 Å². The lowest BCUT2D eigenvalue weighted by Crippen LogP contribution is -2.28. The van der Waals surface area contributed by atoms with Gasteiger partial charge in [0.1, 0.15) is 0 Å². The normalized spacial score (nSPS) is 14.8. The van der Waals surface area contributed by atoms with Gasteiger partial charge in [-0.05, 0) is 44.2 Å². The van der Waals surface area contributed by atoms with Crippen LogP contribution in [0.2, 0.25) is 0 Å². The van der Waals surface area contributed by atoms with Gasteiger partial charge in [-0.25, -0.2) is 0 Å². The van der Waals surface area contributed by atoms with Gasteiger partial charge in [-0.2, -0.15) is 0 Å². The summed E-state index contributed by atoms with van der Waals surface area (Å²) in [4.78, 5) is 1.33. The lowest BCUT2D eigenvalue weighted by atomic mass is 10.1. The monoisotopic (exact) mass is 237 g/mol. The minimum Gasteiger partial charge on any atom is -0.308 e. The first-order valence-electron chi connectivity index (χ1n) is 6.07. The van der Waals surface area contributed by atoms with Gasteiger partial charge in [0.25, 0.3) is 0 Å². The fourth-order valence-corrected chi connectivity index (χ4v) is 2.34. The van der Waals surface area contributed by atoms with Crippen LogP contribution in [0.1, 0.15) is 45.2 Å². The summed E-state index contributed by atoms with van der Waals surface area (Å²) in [5, 5.41) is 3.63. The summed E-state index contributed by atoms with van der Waals surface area (Å²) in [6.45, 7) is 6.73. The minimum absolute atomic E-state index is 0.442. The molecule has 2 atom stereocenters. The van der Waals surface area contributed by atoms with E-state index in [-0.39, 0.29) is 0 Å². The second-order valence-electron chi connectivity index (χ2n) is 4.35. The predicted molar refractivity (Wildman–Crippen MR) is 74.1 cm³/mol. The first-order valence-corrected chi connectivity index (χ1v) is 7.29. The zero-order chi connectivity index (χ0) is 12.0. The second kappa shape index (κ2) is 6.97. The molecule has 2 heteroatoms. The van der Waals surface area contributed by atoms with Crippen LogP contribution < -0.4 is 5.32 Å². The van der Waals surface area contributed by atoms with Crippen LogP contribution in [0.15, 0.2) is 29.2 Å². The Balaban J connectivity index is 2.55. The topological polar surface area (TPSA) is 12.0 Å². The molecule has 1 aromatic rings. The fourth-order valence-electron chi connectivity index (χ4n) is 1.93. The van der Waals surface area contributed by atoms with Crippen LogP contribution in [-0.4, -0.2) is 12.3 Å². The molecule has 0 aliphatic heterocycles. The molecule has 0 bridgehead atoms. The van der Waals surface area contributed by atoms with E-state index in [2.05, 4.69) is 56.6 Å². The number of thioether (sulfide) groups is 1. The van der Waals surface area contributed by atoms with Crippen molar-refractivity contribution in [1.82, 2.24) is 5.32 Å². The van der Waals surface area contributed by atoms with Crippen molar-refractivity contribution in [2.75, 3.05) is 6.26 Å². The van der Waals surface area contributed by atoms with E-state index in [1.54, 1.807) is 11.8 Å². The Labute approximate surface area is 104 Å². The van der Waals surface area contributed by atoms with Crippen LogP contribution in [0.25, 0.3) is 0 Å². The average Bonchev–Trinajstić information content (AvgIpc) is 2.29. The highest BCUT2D eigenvalue weighted by Crippen LogP contribution is 2.19. The van der Waals surface area contributed by atoms with Gasteiger partial charge >= 0.3 is 0 Å². The van der Waals surface area contributed by atoms with Gasteiger partial charge < -0.3 is 5.32 Å². The van der Waals surface area contributed by atoms with Crippen molar-refractivity contribution in [1.29, 1.82) is 0 Å². The van der Waals surface area contributed by atoms with E-state index < -0.39 is 0 Å². The number of rotatable bonds is 6. The maximum Gasteiger partial charge on any atom is 0.0294 e. The molecule has 2 unspecified atom stereocenters. The summed E-state index contributed by atoms with van der Waals surface area (Å²) in [6, 6.07) is 9.88. The third kappa shape index (κ3) is 4.18. The van der Waals surface area contributed by atoms with Crippen LogP contribution >= 0.6 is 11.8 Å². The molecule has 1 nitrogen and oxygen atoms in total. The van der Waals surface area contributed by atoms with Crippen molar-refractivity contribution >= 4 is 11.8 Å². The quantitative estimate of drug-likeness (QED) is 0.742. The van der Waals surface area contributed by atoms with E-state index in [4.69, 9.17) is 0 Å². The average molecular weight is 237 g/mol. The van der Waals surface area contributed by atoms with Gasteiger partial charge in [-0.3, -0.25) is 0 Å². The lowest BCUT2D eigenvalue weighted by molar-refractivity contribution is 0.452. The number of hydrogen-bond donors (Lipinski definition) is 1. The Bertz CT molecular complexity index is 294. The van der Waals surface area contributed by atoms with E-state index in [0.717, 1.165) is 0 Å². The summed E-state index contributed by atoms with van der Waals surface area (Å²) >= 11 is 1.79. The third-order valence-corrected chi connectivity index (χ3v) is 3.62. The molecule has 1 aromatic carbocycles. The van der Waals surface area contributed by atoms with Crippen molar-refractivity contribution in [2.45, 2.75) is 50.6 Å². The molecule has 1 N–H and O–H groups in total. The van der Waals surface area contributed by atoms with Gasteiger partial charge in [-0.1, -0.05) is 25.5 Å². The zero-order valence-electron chi connectivity index (χ0n) is 10.8. The third-order valence-electron chi connectivity index (χ3n) is 2.87. The summed E-state index contributed by atoms with van der Waals surface area (Å²) in [5.41, 5.74) is 1.38. The van der Waals surface area contributed by atoms with E-state index >= 15 is 0 Å². The van der Waals surface area contributed by atoms with Gasteiger partial charge in [-0.15, -0.1) is 11.8 Å². The molecule has 16 heavy (non-hydrogen) atoms. The van der Waals surface area contributed by atoms with Gasteiger partial charge in [0.15, 0.2) is 0 Å². The molecule has 0 saturated heterocycles. The standard InChI is InChI=1S/C14H23NS/c1-5-6-11(2)15-12(3)13-7-9-14(16-4)10-8-13/h7-12,15H,5-6H2,1-4H3. The number of nitrogens with one attached hydrogen (secondary N) is 1. The Morgan fingerprint density at radius 2 is 1.81 bits per heavy atom. The number of benzene rings is 1. The molecule has 0 amide bonds. The molecule has 0 aromatic heterocycles. The van der Waals surface area contributed by atoms with Crippen molar-refractivity contribution in [3.8, 4) is 0 Å². The molecular formula is C14H23NS. The first kappa shape index (κ1) is 13.6. The van der Waals surface area contributed by atoms with Crippen LogP contribution in [0.3, 0.4) is 0 Å². The minimum atomic E-state index is 0.442. The Morgan fingerprint density at radius 1 is 1.19 bits per heavy atom. The SMILES string of the molecule is CCCC(C)NC(C)c1ccc(SC)cc1. The molecule has 0 fully saturated rings. The first-order chi connectivity index (χ1) is 7.67. The molecule has 1 rings (SSSR count). The molecule has 0 radical (unpaired) electrons. The summed E-state index contributed by atoms with van der Waals surface area (Å²) in [6.07, 6.45) is 4.60. The molecule has 0 aliphatic carbocycles. The highest BCUT2D eigenvalue weighted by Gasteiger charge is 2.08. The van der Waals surface area contributed by atoms with E-state index in [0.29, 0.717) is 12.1 Å². The predicted octanol–water partition coefficient (Wildman–Crippen LogP) is 4.25.